The van der Waals surface area contributed by atoms with Gasteiger partial charge in [-0.3, -0.25) is 37.3 Å². The fraction of sp³-hybridized carbons (Fsp3) is 0.728. The number of carbonyl (C=O) groups is 4. The van der Waals surface area contributed by atoms with Gasteiger partial charge in [-0.15, -0.1) is 0 Å². The molecule has 17 nitrogen and oxygen atoms in total. The quantitative estimate of drug-likeness (QED) is 0.0169. The van der Waals surface area contributed by atoms with E-state index in [2.05, 4.69) is 137 Å². The Morgan fingerprint density at radius 2 is 0.530 bits per heavy atom. The Bertz CT molecular complexity index is 2320. The normalized spacial score (nSPS) is 14.5. The average Bonchev–Trinajstić information content (AvgIpc) is 0.985. The molecule has 0 bridgehead atoms. The monoisotopic (exact) mass is 1450 g/mol. The molecule has 0 saturated carbocycles. The number of allylic oxidation sites excluding steroid dienone is 18. The van der Waals surface area contributed by atoms with Crippen LogP contribution in [0.4, 0.5) is 0 Å². The van der Waals surface area contributed by atoms with Gasteiger partial charge in [-0.25, -0.2) is 9.13 Å². The van der Waals surface area contributed by atoms with Crippen LogP contribution in [0.1, 0.15) is 323 Å². The lowest BCUT2D eigenvalue weighted by Crippen LogP contribution is -2.30. The molecule has 5 unspecified atom stereocenters. The number of phosphoric ester groups is 2. The summed E-state index contributed by atoms with van der Waals surface area (Å²) in [6.07, 6.45) is 77.9. The Hall–Kier alpha value is -4.28. The second kappa shape index (κ2) is 73.0. The number of ether oxygens (including phenoxy) is 4. The molecule has 0 amide bonds. The molecule has 0 aromatic rings. The lowest BCUT2D eigenvalue weighted by Gasteiger charge is -2.21. The number of phosphoric acid groups is 2. The minimum Gasteiger partial charge on any atom is -0.462 e. The molecular formula is C81H140O17P2. The summed E-state index contributed by atoms with van der Waals surface area (Å²) in [5.41, 5.74) is 0. The van der Waals surface area contributed by atoms with Crippen LogP contribution in [0.5, 0.6) is 0 Å². The van der Waals surface area contributed by atoms with E-state index in [1.165, 1.54) is 83.5 Å². The van der Waals surface area contributed by atoms with Crippen molar-refractivity contribution in [3.05, 3.63) is 109 Å². The zero-order chi connectivity index (χ0) is 73.2. The van der Waals surface area contributed by atoms with E-state index in [0.717, 1.165) is 161 Å². The molecule has 0 aromatic heterocycles. The van der Waals surface area contributed by atoms with E-state index in [9.17, 15) is 43.2 Å². The first-order valence-electron chi connectivity index (χ1n) is 39.1. The highest BCUT2D eigenvalue weighted by Crippen LogP contribution is 2.45. The lowest BCUT2D eigenvalue weighted by atomic mass is 10.0. The Morgan fingerprint density at radius 1 is 0.290 bits per heavy atom. The summed E-state index contributed by atoms with van der Waals surface area (Å²) in [6, 6.07) is 0. The molecule has 0 heterocycles. The Morgan fingerprint density at radius 3 is 0.850 bits per heavy atom. The smallest absolute Gasteiger partial charge is 0.462 e. The van der Waals surface area contributed by atoms with Crippen LogP contribution < -0.4 is 0 Å². The highest BCUT2D eigenvalue weighted by atomic mass is 31.2. The zero-order valence-corrected chi connectivity index (χ0v) is 64.6. The van der Waals surface area contributed by atoms with Gasteiger partial charge in [0.25, 0.3) is 0 Å². The van der Waals surface area contributed by atoms with Crippen molar-refractivity contribution in [2.75, 3.05) is 39.6 Å². The van der Waals surface area contributed by atoms with E-state index >= 15 is 0 Å². The van der Waals surface area contributed by atoms with Gasteiger partial charge >= 0.3 is 39.5 Å². The highest BCUT2D eigenvalue weighted by Gasteiger charge is 2.30. The van der Waals surface area contributed by atoms with Crippen molar-refractivity contribution in [3.8, 4) is 0 Å². The predicted molar refractivity (Wildman–Crippen MR) is 408 cm³/mol. The standard InChI is InChI=1S/C81H140O17P2/c1-5-9-13-17-21-25-29-32-35-36-37-38-41-43-47-50-54-58-62-66-79(84)92-72-77(98-81(86)68-64-60-56-52-48-44-40-34-31-27-23-19-15-11-7-3)74-96-100(89,90)94-70-75(82)69-93-99(87,88)95-73-76(97-80(85)67-63-59-55-51-45-28-24-20-16-12-8-4)71-91-78(83)65-61-57-53-49-46-42-39-33-30-26-22-18-14-10-6-2/h9,11,13,15,20-21,23-25,27,32,34-35,37-38,40,43,47,75-77,82H,5-8,10,12,14,16-19,22,26,28-31,33,36,39,41-42,44-46,48-74H2,1-4H3,(H,87,88)(H,89,90)/b13-9-,15-11-,24-20-,25-21-,27-23-,35-32-,38-37-,40-34-,47-43-. The van der Waals surface area contributed by atoms with Crippen molar-refractivity contribution in [2.24, 2.45) is 0 Å². The fourth-order valence-electron chi connectivity index (χ4n) is 10.3. The van der Waals surface area contributed by atoms with Gasteiger partial charge in [0.1, 0.15) is 19.3 Å². The summed E-state index contributed by atoms with van der Waals surface area (Å²) >= 11 is 0. The van der Waals surface area contributed by atoms with E-state index in [0.29, 0.717) is 25.7 Å². The van der Waals surface area contributed by atoms with Crippen molar-refractivity contribution in [1.29, 1.82) is 0 Å². The fourth-order valence-corrected chi connectivity index (χ4v) is 11.9. The topological polar surface area (TPSA) is 237 Å². The first-order chi connectivity index (χ1) is 48.7. The predicted octanol–water partition coefficient (Wildman–Crippen LogP) is 22.6. The molecule has 0 aromatic carbocycles. The average molecular weight is 1450 g/mol. The van der Waals surface area contributed by atoms with Crippen LogP contribution in [0.15, 0.2) is 109 Å². The van der Waals surface area contributed by atoms with E-state index < -0.39 is 97.5 Å². The number of aliphatic hydroxyl groups is 1. The van der Waals surface area contributed by atoms with Gasteiger partial charge in [-0.2, -0.15) is 0 Å². The SMILES string of the molecule is CC/C=C\C/C=C\C/C=C\C/C=C\C/C=C\CCCCCC(=O)OCC(COP(=O)(O)OCC(O)COP(=O)(O)OCC(COC(=O)CCCCCCCCCCCCCCCCC)OC(=O)CCCCCCC/C=C\CCCC)OC(=O)CCCCCCC/C=C\C/C=C\C/C=C\CC. The number of aliphatic hydroxyl groups excluding tert-OH is 1. The number of hydrogen-bond acceptors (Lipinski definition) is 15. The molecule has 0 rings (SSSR count). The highest BCUT2D eigenvalue weighted by molar-refractivity contribution is 7.47. The number of carbonyl (C=O) groups excluding carboxylic acids is 4. The molecule has 576 valence electrons. The molecule has 5 atom stereocenters. The molecule has 0 saturated heterocycles. The summed E-state index contributed by atoms with van der Waals surface area (Å²) in [7, 11) is -9.96. The van der Waals surface area contributed by atoms with Crippen LogP contribution in [0.25, 0.3) is 0 Å². The molecule has 0 radical (unpaired) electrons. The summed E-state index contributed by atoms with van der Waals surface area (Å²) < 4.78 is 68.5. The largest absolute Gasteiger partial charge is 0.472 e. The van der Waals surface area contributed by atoms with Crippen LogP contribution in [0, 0.1) is 0 Å². The summed E-state index contributed by atoms with van der Waals surface area (Å²) in [5.74, 6) is -2.23. The van der Waals surface area contributed by atoms with Crippen molar-refractivity contribution in [1.82, 2.24) is 0 Å². The van der Waals surface area contributed by atoms with Crippen LogP contribution in [-0.4, -0.2) is 96.7 Å². The maximum Gasteiger partial charge on any atom is 0.472 e. The third-order valence-electron chi connectivity index (χ3n) is 16.2. The maximum atomic E-state index is 13.1. The van der Waals surface area contributed by atoms with Gasteiger partial charge in [0.05, 0.1) is 26.4 Å². The van der Waals surface area contributed by atoms with Gasteiger partial charge in [0, 0.05) is 25.7 Å². The lowest BCUT2D eigenvalue weighted by molar-refractivity contribution is -0.161. The van der Waals surface area contributed by atoms with E-state index in [4.69, 9.17) is 37.0 Å². The molecule has 3 N–H and O–H groups in total. The van der Waals surface area contributed by atoms with Crippen LogP contribution in [0.3, 0.4) is 0 Å². The zero-order valence-electron chi connectivity index (χ0n) is 62.8. The van der Waals surface area contributed by atoms with Gasteiger partial charge in [0.15, 0.2) is 12.2 Å². The molecule has 100 heavy (non-hydrogen) atoms. The first-order valence-corrected chi connectivity index (χ1v) is 42.1. The number of unbranched alkanes of at least 4 members (excludes halogenated alkanes) is 29. The summed E-state index contributed by atoms with van der Waals surface area (Å²) in [6.45, 7) is 4.57. The first kappa shape index (κ1) is 95.7. The molecule has 0 fully saturated rings. The van der Waals surface area contributed by atoms with Gasteiger partial charge in [0.2, 0.25) is 0 Å². The van der Waals surface area contributed by atoms with Gasteiger partial charge in [-0.05, 0) is 122 Å². The Kier molecular flexibility index (Phi) is 69.9. The number of esters is 4. The number of hydrogen-bond donors (Lipinski definition) is 3. The third-order valence-corrected chi connectivity index (χ3v) is 18.1. The third kappa shape index (κ3) is 72.1. The molecule has 0 spiro atoms. The van der Waals surface area contributed by atoms with Crippen molar-refractivity contribution in [3.63, 3.8) is 0 Å². The van der Waals surface area contributed by atoms with Crippen LogP contribution in [-0.2, 0) is 65.4 Å². The van der Waals surface area contributed by atoms with E-state index in [-0.39, 0.29) is 25.7 Å². The summed E-state index contributed by atoms with van der Waals surface area (Å²) in [4.78, 5) is 72.9. The molecule has 0 aliphatic carbocycles. The molecule has 0 aliphatic rings. The van der Waals surface area contributed by atoms with Crippen LogP contribution in [0.2, 0.25) is 0 Å². The molecule has 0 aliphatic heterocycles. The van der Waals surface area contributed by atoms with Crippen LogP contribution >= 0.6 is 15.6 Å². The molecular weight excluding hydrogens is 1310 g/mol. The second-order valence-corrected chi connectivity index (χ2v) is 28.8. The van der Waals surface area contributed by atoms with Crippen molar-refractivity contribution in [2.45, 2.75) is 341 Å². The van der Waals surface area contributed by atoms with E-state index in [1.54, 1.807) is 0 Å². The van der Waals surface area contributed by atoms with Gasteiger partial charge in [-0.1, -0.05) is 285 Å². The Labute approximate surface area is 607 Å². The minimum atomic E-state index is -4.99. The number of rotatable bonds is 73. The maximum absolute atomic E-state index is 13.1. The minimum absolute atomic E-state index is 0.0663. The summed E-state index contributed by atoms with van der Waals surface area (Å²) in [5, 5.41) is 10.6. The van der Waals surface area contributed by atoms with E-state index in [1.807, 2.05) is 0 Å². The second-order valence-electron chi connectivity index (χ2n) is 25.9. The molecule has 19 heteroatoms. The Balaban J connectivity index is 5.36. The van der Waals surface area contributed by atoms with Crippen molar-refractivity contribution >= 4 is 39.5 Å². The van der Waals surface area contributed by atoms with Crippen molar-refractivity contribution < 1.29 is 80.2 Å². The van der Waals surface area contributed by atoms with Gasteiger partial charge < -0.3 is 33.8 Å².